The van der Waals surface area contributed by atoms with Gasteiger partial charge in [0.1, 0.15) is 12.3 Å². The van der Waals surface area contributed by atoms with Crippen molar-refractivity contribution in [1.82, 2.24) is 19.2 Å². The van der Waals surface area contributed by atoms with E-state index >= 15 is 0 Å². The summed E-state index contributed by atoms with van der Waals surface area (Å²) in [7, 11) is 1.64. The number of carbonyl (C=O) groups excluding carboxylic acids is 1. The number of likely N-dealkylation sites (tertiary alicyclic amines) is 1. The topological polar surface area (TPSA) is 61.5 Å². The van der Waals surface area contributed by atoms with Crippen LogP contribution in [0.5, 0.6) is 11.5 Å². The molecule has 0 saturated carbocycles. The van der Waals surface area contributed by atoms with Crippen molar-refractivity contribution in [3.05, 3.63) is 120 Å². The quantitative estimate of drug-likeness (QED) is 0.226. The third-order valence-corrected chi connectivity index (χ3v) is 7.24. The van der Waals surface area contributed by atoms with Gasteiger partial charge in [0.15, 0.2) is 17.2 Å². The summed E-state index contributed by atoms with van der Waals surface area (Å²) in [6, 6.07) is 30.1. The lowest BCUT2D eigenvalue weighted by Gasteiger charge is -2.16. The summed E-state index contributed by atoms with van der Waals surface area (Å²) in [5, 5.41) is 4.98. The van der Waals surface area contributed by atoms with Crippen LogP contribution >= 0.6 is 0 Å². The van der Waals surface area contributed by atoms with Crippen LogP contribution in [0.1, 0.15) is 34.5 Å². The number of ether oxygens (including phenoxy) is 2. The van der Waals surface area contributed by atoms with Crippen molar-refractivity contribution in [3.63, 3.8) is 0 Å². The van der Waals surface area contributed by atoms with Gasteiger partial charge >= 0.3 is 0 Å². The van der Waals surface area contributed by atoms with Gasteiger partial charge in [-0.2, -0.15) is 5.10 Å². The van der Waals surface area contributed by atoms with E-state index in [4.69, 9.17) is 14.6 Å². The number of benzene rings is 3. The predicted octanol–water partition coefficient (Wildman–Crippen LogP) is 6.21. The molecule has 7 nitrogen and oxygen atoms in total. The van der Waals surface area contributed by atoms with E-state index < -0.39 is 0 Å². The Morgan fingerprint density at radius 2 is 1.50 bits per heavy atom. The van der Waals surface area contributed by atoms with Gasteiger partial charge in [0, 0.05) is 31.0 Å². The highest BCUT2D eigenvalue weighted by Gasteiger charge is 2.30. The van der Waals surface area contributed by atoms with Crippen molar-refractivity contribution in [2.75, 3.05) is 20.2 Å². The first-order valence-corrected chi connectivity index (χ1v) is 13.6. The summed E-state index contributed by atoms with van der Waals surface area (Å²) in [5.41, 5.74) is 5.10. The highest BCUT2D eigenvalue weighted by Crippen LogP contribution is 2.37. The van der Waals surface area contributed by atoms with Crippen LogP contribution in [0.2, 0.25) is 0 Å². The van der Waals surface area contributed by atoms with E-state index in [1.165, 1.54) is 0 Å². The molecule has 6 rings (SSSR count). The molecule has 0 N–H and O–H groups in total. The highest BCUT2D eigenvalue weighted by molar-refractivity contribution is 5.99. The van der Waals surface area contributed by atoms with Crippen LogP contribution in [0.4, 0.5) is 0 Å². The number of amides is 1. The van der Waals surface area contributed by atoms with Crippen LogP contribution in [-0.2, 0) is 13.2 Å². The summed E-state index contributed by atoms with van der Waals surface area (Å²) in [5.74, 6) is 1.23. The largest absolute Gasteiger partial charge is 0.493 e. The molecule has 0 unspecified atom stereocenters. The molecule has 1 aliphatic heterocycles. The maximum atomic E-state index is 13.8. The number of methoxy groups -OCH3 is 1. The average molecular weight is 533 g/mol. The maximum absolute atomic E-state index is 13.8. The molecule has 0 spiro atoms. The van der Waals surface area contributed by atoms with Crippen LogP contribution in [0.15, 0.2) is 103 Å². The van der Waals surface area contributed by atoms with Gasteiger partial charge in [0.05, 0.1) is 19.3 Å². The number of carbonyl (C=O) groups is 1. The summed E-state index contributed by atoms with van der Waals surface area (Å²) < 4.78 is 15.8. The van der Waals surface area contributed by atoms with Crippen LogP contribution in [0.25, 0.3) is 16.9 Å². The number of hydrogen-bond donors (Lipinski definition) is 0. The molecule has 1 aliphatic rings. The van der Waals surface area contributed by atoms with Gasteiger partial charge < -0.3 is 18.9 Å². The van der Waals surface area contributed by atoms with Gasteiger partial charge in [0.25, 0.3) is 5.91 Å². The minimum Gasteiger partial charge on any atom is -0.493 e. The molecule has 0 atom stereocenters. The Balaban J connectivity index is 1.49. The second-order valence-electron chi connectivity index (χ2n) is 9.92. The van der Waals surface area contributed by atoms with E-state index in [9.17, 15) is 4.79 Å². The van der Waals surface area contributed by atoms with Crippen LogP contribution in [-0.4, -0.2) is 45.4 Å². The van der Waals surface area contributed by atoms with Crippen LogP contribution < -0.4 is 9.47 Å². The number of aromatic nitrogens is 3. The Morgan fingerprint density at radius 3 is 2.17 bits per heavy atom. The monoisotopic (exact) mass is 532 g/mol. The lowest BCUT2D eigenvalue weighted by Crippen LogP contribution is -2.29. The van der Waals surface area contributed by atoms with Crippen LogP contribution in [0.3, 0.4) is 0 Å². The minimum absolute atomic E-state index is 0.0386. The van der Waals surface area contributed by atoms with Crippen molar-refractivity contribution in [2.45, 2.75) is 26.0 Å². The Morgan fingerprint density at radius 1 is 0.825 bits per heavy atom. The molecule has 1 fully saturated rings. The van der Waals surface area contributed by atoms with Gasteiger partial charge in [-0.25, -0.2) is 0 Å². The average Bonchev–Trinajstić information content (AvgIpc) is 3.78. The summed E-state index contributed by atoms with van der Waals surface area (Å²) >= 11 is 0. The zero-order chi connectivity index (χ0) is 27.3. The molecule has 7 heteroatoms. The third-order valence-electron chi connectivity index (χ3n) is 7.24. The van der Waals surface area contributed by atoms with E-state index in [-0.39, 0.29) is 5.91 Å². The second kappa shape index (κ2) is 11.5. The van der Waals surface area contributed by atoms with Gasteiger partial charge in [-0.3, -0.25) is 9.48 Å². The van der Waals surface area contributed by atoms with Crippen molar-refractivity contribution < 1.29 is 14.3 Å². The fraction of sp³-hybridized carbons (Fsp3) is 0.212. The first kappa shape index (κ1) is 25.5. The van der Waals surface area contributed by atoms with Crippen molar-refractivity contribution in [1.29, 1.82) is 0 Å². The van der Waals surface area contributed by atoms with Crippen LogP contribution in [0, 0.1) is 0 Å². The van der Waals surface area contributed by atoms with Gasteiger partial charge in [-0.1, -0.05) is 60.7 Å². The van der Waals surface area contributed by atoms with E-state index in [2.05, 4.69) is 12.1 Å². The number of nitrogens with zero attached hydrogens (tertiary/aromatic N) is 4. The molecule has 2 aromatic heterocycles. The molecule has 202 valence electrons. The first-order valence-electron chi connectivity index (χ1n) is 13.6. The van der Waals surface area contributed by atoms with Crippen molar-refractivity contribution in [2.24, 2.45) is 0 Å². The summed E-state index contributed by atoms with van der Waals surface area (Å²) in [4.78, 5) is 15.7. The van der Waals surface area contributed by atoms with Gasteiger partial charge in [-0.05, 0) is 54.3 Å². The third kappa shape index (κ3) is 5.23. The van der Waals surface area contributed by atoms with Crippen molar-refractivity contribution in [3.8, 4) is 28.4 Å². The zero-order valence-corrected chi connectivity index (χ0v) is 22.6. The Kier molecular flexibility index (Phi) is 7.35. The molecule has 0 radical (unpaired) electrons. The van der Waals surface area contributed by atoms with Gasteiger partial charge in [0.2, 0.25) is 0 Å². The first-order chi connectivity index (χ1) is 19.7. The molecule has 3 aromatic carbocycles. The van der Waals surface area contributed by atoms with Crippen molar-refractivity contribution >= 4 is 5.91 Å². The molecule has 1 amide bonds. The maximum Gasteiger partial charge on any atom is 0.276 e. The molecule has 0 aliphatic carbocycles. The lowest BCUT2D eigenvalue weighted by molar-refractivity contribution is 0.0786. The molecule has 5 aromatic rings. The Bertz CT molecular complexity index is 1570. The Hall–Kier alpha value is -4.78. The SMILES string of the molecule is COc1ccc(-c2c(-n3cccc3)c(C(=O)N3CCCC3)nn2Cc2ccccc2)cc1OCc1ccccc1. The van der Waals surface area contributed by atoms with E-state index in [1.807, 2.05) is 105 Å². The number of rotatable bonds is 9. The summed E-state index contributed by atoms with van der Waals surface area (Å²) in [6.45, 7) is 2.44. The normalized spacial score (nSPS) is 13.0. The molecule has 1 saturated heterocycles. The number of hydrogen-bond acceptors (Lipinski definition) is 4. The predicted molar refractivity (Wildman–Crippen MR) is 155 cm³/mol. The smallest absolute Gasteiger partial charge is 0.276 e. The second-order valence-corrected chi connectivity index (χ2v) is 9.92. The molecule has 0 bridgehead atoms. The fourth-order valence-corrected chi connectivity index (χ4v) is 5.22. The summed E-state index contributed by atoms with van der Waals surface area (Å²) in [6.07, 6.45) is 5.96. The Labute approximate surface area is 234 Å². The van der Waals surface area contributed by atoms with E-state index in [1.54, 1.807) is 7.11 Å². The van der Waals surface area contributed by atoms with E-state index in [0.717, 1.165) is 54.0 Å². The van der Waals surface area contributed by atoms with Gasteiger partial charge in [-0.15, -0.1) is 0 Å². The van der Waals surface area contributed by atoms with E-state index in [0.29, 0.717) is 30.3 Å². The molecule has 3 heterocycles. The fourth-order valence-electron chi connectivity index (χ4n) is 5.22. The minimum atomic E-state index is -0.0386. The lowest BCUT2D eigenvalue weighted by atomic mass is 10.1. The standard InChI is InChI=1S/C33H32N4O3/c1-39-28-17-16-27(22-29(28)40-24-26-14-6-3-7-15-26)31-32(35-18-8-9-19-35)30(33(38)36-20-10-11-21-36)34-37(31)23-25-12-4-2-5-13-25/h2-9,12-19,22H,10-11,20-21,23-24H2,1H3. The highest BCUT2D eigenvalue weighted by atomic mass is 16.5. The molecule has 40 heavy (non-hydrogen) atoms. The zero-order valence-electron chi connectivity index (χ0n) is 22.6. The molecular weight excluding hydrogens is 500 g/mol. The molecular formula is C33H32N4O3.